The van der Waals surface area contributed by atoms with E-state index in [0.717, 1.165) is 23.7 Å². The van der Waals surface area contributed by atoms with Gasteiger partial charge in [0.1, 0.15) is 0 Å². The lowest BCUT2D eigenvalue weighted by atomic mass is 10.1. The predicted molar refractivity (Wildman–Crippen MR) is 85.6 cm³/mol. The van der Waals surface area contributed by atoms with Crippen LogP contribution in [0.1, 0.15) is 30.5 Å². The number of hydrogen-bond acceptors (Lipinski definition) is 4. The Kier molecular flexibility index (Phi) is 4.46. The third-order valence-corrected chi connectivity index (χ3v) is 3.88. The molecule has 1 aliphatic heterocycles. The van der Waals surface area contributed by atoms with Gasteiger partial charge >= 0.3 is 0 Å². The van der Waals surface area contributed by atoms with Crippen LogP contribution in [0.15, 0.2) is 36.4 Å². The molecule has 2 aromatic rings. The molecule has 0 aliphatic carbocycles. The van der Waals surface area contributed by atoms with Crippen molar-refractivity contribution in [3.8, 4) is 0 Å². The summed E-state index contributed by atoms with van der Waals surface area (Å²) in [7, 11) is 0. The number of nitrogens with one attached hydrogen (secondary N) is 1. The number of likely N-dealkylation sites (tertiary alicyclic amines) is 1. The minimum atomic E-state index is 0.782. The van der Waals surface area contributed by atoms with E-state index in [4.69, 9.17) is 0 Å². The number of anilines is 2. The number of nitrogens with zero attached hydrogens (tertiary/aromatic N) is 3. The smallest absolute Gasteiger partial charge is 0.153 e. The van der Waals surface area contributed by atoms with Gasteiger partial charge in [-0.05, 0) is 62.7 Å². The Bertz CT molecular complexity index is 556. The fourth-order valence-electron chi connectivity index (χ4n) is 2.68. The van der Waals surface area contributed by atoms with Gasteiger partial charge in [0.05, 0.1) is 5.69 Å². The first kappa shape index (κ1) is 14.0. The average molecular weight is 282 g/mol. The Labute approximate surface area is 126 Å². The molecule has 0 atom stereocenters. The molecule has 1 aromatic carbocycles. The van der Waals surface area contributed by atoms with E-state index in [-0.39, 0.29) is 0 Å². The van der Waals surface area contributed by atoms with Crippen molar-refractivity contribution >= 4 is 11.5 Å². The molecule has 0 bridgehead atoms. The van der Waals surface area contributed by atoms with Gasteiger partial charge in [-0.25, -0.2) is 0 Å². The molecule has 0 saturated carbocycles. The molecule has 1 aromatic heterocycles. The highest BCUT2D eigenvalue weighted by Crippen LogP contribution is 2.17. The Morgan fingerprint density at radius 1 is 0.952 bits per heavy atom. The second-order valence-corrected chi connectivity index (χ2v) is 5.72. The molecule has 0 spiro atoms. The summed E-state index contributed by atoms with van der Waals surface area (Å²) in [6.07, 6.45) is 4.06. The van der Waals surface area contributed by atoms with Gasteiger partial charge in [0.15, 0.2) is 5.82 Å². The third kappa shape index (κ3) is 4.02. The van der Waals surface area contributed by atoms with Gasteiger partial charge in [-0.3, -0.25) is 4.90 Å². The molecule has 0 radical (unpaired) electrons. The van der Waals surface area contributed by atoms with Crippen LogP contribution in [0.25, 0.3) is 0 Å². The van der Waals surface area contributed by atoms with Crippen LogP contribution in [-0.4, -0.2) is 28.2 Å². The topological polar surface area (TPSA) is 41.0 Å². The summed E-state index contributed by atoms with van der Waals surface area (Å²) in [6, 6.07) is 12.5. The van der Waals surface area contributed by atoms with Crippen LogP contribution < -0.4 is 5.32 Å². The Morgan fingerprint density at radius 2 is 1.71 bits per heavy atom. The molecule has 21 heavy (non-hydrogen) atoms. The fraction of sp³-hybridized carbons (Fsp3) is 0.412. The van der Waals surface area contributed by atoms with Crippen LogP contribution in [0.2, 0.25) is 0 Å². The van der Waals surface area contributed by atoms with Crippen molar-refractivity contribution < 1.29 is 0 Å². The first-order valence-electron chi connectivity index (χ1n) is 7.68. The molecular weight excluding hydrogens is 260 g/mol. The van der Waals surface area contributed by atoms with E-state index in [1.54, 1.807) is 0 Å². The maximum absolute atomic E-state index is 4.12. The predicted octanol–water partition coefficient (Wildman–Crippen LogP) is 3.51. The number of rotatable bonds is 4. The Balaban J connectivity index is 1.59. The highest BCUT2D eigenvalue weighted by atomic mass is 15.2. The largest absolute Gasteiger partial charge is 0.339 e. The Morgan fingerprint density at radius 3 is 2.38 bits per heavy atom. The van der Waals surface area contributed by atoms with Gasteiger partial charge in [0.2, 0.25) is 0 Å². The van der Waals surface area contributed by atoms with E-state index in [1.807, 2.05) is 19.1 Å². The molecule has 1 fully saturated rings. The molecule has 1 aliphatic rings. The summed E-state index contributed by atoms with van der Waals surface area (Å²) in [5.41, 5.74) is 3.35. The number of hydrogen-bond donors (Lipinski definition) is 1. The van der Waals surface area contributed by atoms with Gasteiger partial charge in [-0.2, -0.15) is 5.10 Å². The van der Waals surface area contributed by atoms with Crippen molar-refractivity contribution in [3.05, 3.63) is 47.7 Å². The number of benzene rings is 1. The fourth-order valence-corrected chi connectivity index (χ4v) is 2.68. The van der Waals surface area contributed by atoms with Crippen molar-refractivity contribution in [2.24, 2.45) is 0 Å². The van der Waals surface area contributed by atoms with Crippen molar-refractivity contribution in [2.75, 3.05) is 18.4 Å². The van der Waals surface area contributed by atoms with Crippen molar-refractivity contribution in [1.29, 1.82) is 0 Å². The van der Waals surface area contributed by atoms with Crippen molar-refractivity contribution in [1.82, 2.24) is 15.1 Å². The molecule has 0 amide bonds. The number of aromatic nitrogens is 2. The van der Waals surface area contributed by atoms with Crippen LogP contribution in [0.3, 0.4) is 0 Å². The highest BCUT2D eigenvalue weighted by Gasteiger charge is 2.10. The van der Waals surface area contributed by atoms with Crippen molar-refractivity contribution in [2.45, 2.75) is 32.7 Å². The summed E-state index contributed by atoms with van der Waals surface area (Å²) in [4.78, 5) is 2.54. The Hall–Kier alpha value is -1.94. The quantitative estimate of drug-likeness (QED) is 0.931. The first-order chi connectivity index (χ1) is 10.3. The monoisotopic (exact) mass is 282 g/mol. The van der Waals surface area contributed by atoms with Crippen LogP contribution in [-0.2, 0) is 6.54 Å². The average Bonchev–Trinajstić information content (AvgIpc) is 2.53. The maximum Gasteiger partial charge on any atom is 0.153 e. The molecule has 4 nitrogen and oxygen atoms in total. The summed E-state index contributed by atoms with van der Waals surface area (Å²) in [5, 5.41) is 11.4. The SMILES string of the molecule is Cc1ccc(Nc2ccc(CN3CCCCC3)cc2)nn1. The third-order valence-electron chi connectivity index (χ3n) is 3.88. The highest BCUT2D eigenvalue weighted by molar-refractivity contribution is 5.55. The normalized spacial score (nSPS) is 15.9. The zero-order valence-corrected chi connectivity index (χ0v) is 12.5. The molecule has 1 N–H and O–H groups in total. The molecule has 4 heteroatoms. The van der Waals surface area contributed by atoms with E-state index < -0.39 is 0 Å². The molecule has 2 heterocycles. The second kappa shape index (κ2) is 6.68. The van der Waals surface area contributed by atoms with E-state index in [2.05, 4.69) is 44.7 Å². The van der Waals surface area contributed by atoms with Crippen LogP contribution in [0.5, 0.6) is 0 Å². The standard InChI is InChI=1S/C17H22N4/c1-14-5-10-17(20-19-14)18-16-8-6-15(7-9-16)13-21-11-3-2-4-12-21/h5-10H,2-4,11-13H2,1H3,(H,18,20). The first-order valence-corrected chi connectivity index (χ1v) is 7.68. The molecule has 0 unspecified atom stereocenters. The number of aryl methyl sites for hydroxylation is 1. The van der Waals surface area contributed by atoms with E-state index in [1.165, 1.54) is 37.9 Å². The van der Waals surface area contributed by atoms with E-state index in [9.17, 15) is 0 Å². The molecule has 1 saturated heterocycles. The van der Waals surface area contributed by atoms with E-state index in [0.29, 0.717) is 0 Å². The van der Waals surface area contributed by atoms with Crippen LogP contribution >= 0.6 is 0 Å². The van der Waals surface area contributed by atoms with Gasteiger partial charge in [0, 0.05) is 12.2 Å². The summed E-state index contributed by atoms with van der Waals surface area (Å²) in [6.45, 7) is 5.47. The summed E-state index contributed by atoms with van der Waals surface area (Å²) < 4.78 is 0. The lowest BCUT2D eigenvalue weighted by Gasteiger charge is -2.26. The van der Waals surface area contributed by atoms with Gasteiger partial charge < -0.3 is 5.32 Å². The van der Waals surface area contributed by atoms with Crippen LogP contribution in [0.4, 0.5) is 11.5 Å². The van der Waals surface area contributed by atoms with Gasteiger partial charge in [-0.15, -0.1) is 5.10 Å². The number of piperidine rings is 1. The second-order valence-electron chi connectivity index (χ2n) is 5.72. The van der Waals surface area contributed by atoms with Gasteiger partial charge in [-0.1, -0.05) is 18.6 Å². The lowest BCUT2D eigenvalue weighted by molar-refractivity contribution is 0.221. The zero-order chi connectivity index (χ0) is 14.5. The lowest BCUT2D eigenvalue weighted by Crippen LogP contribution is -2.29. The zero-order valence-electron chi connectivity index (χ0n) is 12.5. The van der Waals surface area contributed by atoms with Crippen molar-refractivity contribution in [3.63, 3.8) is 0 Å². The summed E-state index contributed by atoms with van der Waals surface area (Å²) in [5.74, 6) is 0.782. The van der Waals surface area contributed by atoms with Crippen LogP contribution in [0, 0.1) is 6.92 Å². The maximum atomic E-state index is 4.12. The summed E-state index contributed by atoms with van der Waals surface area (Å²) >= 11 is 0. The molecular formula is C17H22N4. The minimum Gasteiger partial charge on any atom is -0.339 e. The molecule has 3 rings (SSSR count). The van der Waals surface area contributed by atoms with E-state index >= 15 is 0 Å². The minimum absolute atomic E-state index is 0.782. The van der Waals surface area contributed by atoms with Gasteiger partial charge in [0.25, 0.3) is 0 Å². The molecule has 110 valence electrons.